The maximum atomic E-state index is 12.5. The molecule has 0 aliphatic heterocycles. The van der Waals surface area contributed by atoms with Gasteiger partial charge in [0.15, 0.2) is 0 Å². The minimum atomic E-state index is -0.372. The number of ether oxygens (including phenoxy) is 2. The van der Waals surface area contributed by atoms with Gasteiger partial charge in [0, 0.05) is 0 Å². The molecule has 0 heterocycles. The molecule has 1 aromatic rings. The van der Waals surface area contributed by atoms with Gasteiger partial charge in [0.25, 0.3) is 0 Å². The fraction of sp³-hybridized carbons (Fsp3) is 0.714. The standard InChI is InChI=1S/C28H46O4/c1-5-7-11-17-24(15-6-2)22-32-28(30)26-19-14-18-25(21-26)27(29)31-20-13-10-8-9-12-16-23(3)4/h14,18-19,21,23-24H,5-13,15-17,20,22H2,1-4H3. The number of rotatable bonds is 18. The van der Waals surface area contributed by atoms with Gasteiger partial charge in [-0.25, -0.2) is 9.59 Å². The lowest BCUT2D eigenvalue weighted by atomic mass is 9.97. The van der Waals surface area contributed by atoms with Crippen LogP contribution in [0.15, 0.2) is 24.3 Å². The molecular formula is C28H46O4. The van der Waals surface area contributed by atoms with Crippen LogP contribution in [0.3, 0.4) is 0 Å². The summed E-state index contributed by atoms with van der Waals surface area (Å²) in [6.45, 7) is 9.74. The summed E-state index contributed by atoms with van der Waals surface area (Å²) in [5.74, 6) is 0.446. The minimum Gasteiger partial charge on any atom is -0.462 e. The van der Waals surface area contributed by atoms with E-state index in [-0.39, 0.29) is 11.9 Å². The number of unbranched alkanes of at least 4 members (excludes halogenated alkanes) is 6. The monoisotopic (exact) mass is 446 g/mol. The maximum Gasteiger partial charge on any atom is 0.338 e. The summed E-state index contributed by atoms with van der Waals surface area (Å²) in [6, 6.07) is 6.69. The highest BCUT2D eigenvalue weighted by Gasteiger charge is 2.15. The van der Waals surface area contributed by atoms with Crippen molar-refractivity contribution in [1.82, 2.24) is 0 Å². The smallest absolute Gasteiger partial charge is 0.338 e. The molecule has 182 valence electrons. The second-order valence-corrected chi connectivity index (χ2v) is 9.42. The summed E-state index contributed by atoms with van der Waals surface area (Å²) in [5, 5.41) is 0. The Balaban J connectivity index is 2.38. The number of esters is 2. The van der Waals surface area contributed by atoms with E-state index in [1.54, 1.807) is 24.3 Å². The van der Waals surface area contributed by atoms with Crippen LogP contribution in [0, 0.1) is 11.8 Å². The van der Waals surface area contributed by atoms with Crippen molar-refractivity contribution < 1.29 is 19.1 Å². The third kappa shape index (κ3) is 12.9. The van der Waals surface area contributed by atoms with Crippen molar-refractivity contribution in [1.29, 1.82) is 0 Å². The molecule has 0 amide bonds. The second-order valence-electron chi connectivity index (χ2n) is 9.42. The fourth-order valence-electron chi connectivity index (χ4n) is 3.89. The Morgan fingerprint density at radius 1 is 0.750 bits per heavy atom. The Morgan fingerprint density at radius 2 is 1.38 bits per heavy atom. The molecule has 0 aliphatic carbocycles. The molecule has 1 atom stereocenters. The second kappa shape index (κ2) is 17.7. The summed E-state index contributed by atoms with van der Waals surface area (Å²) in [7, 11) is 0. The highest BCUT2D eigenvalue weighted by molar-refractivity contribution is 5.95. The van der Waals surface area contributed by atoms with Gasteiger partial charge in [0.05, 0.1) is 24.3 Å². The highest BCUT2D eigenvalue weighted by Crippen LogP contribution is 2.17. The number of hydrogen-bond donors (Lipinski definition) is 0. The Morgan fingerprint density at radius 3 is 2.03 bits per heavy atom. The first-order valence-electron chi connectivity index (χ1n) is 12.9. The molecule has 0 aliphatic rings. The van der Waals surface area contributed by atoms with Crippen LogP contribution in [0.2, 0.25) is 0 Å². The first-order valence-corrected chi connectivity index (χ1v) is 12.9. The topological polar surface area (TPSA) is 52.6 Å². The molecule has 1 aromatic carbocycles. The van der Waals surface area contributed by atoms with Crippen molar-refractivity contribution >= 4 is 11.9 Å². The van der Waals surface area contributed by atoms with Crippen molar-refractivity contribution in [3.8, 4) is 0 Å². The Kier molecular flexibility index (Phi) is 15.6. The molecule has 4 nitrogen and oxygen atoms in total. The summed E-state index contributed by atoms with van der Waals surface area (Å²) in [5.41, 5.74) is 0.817. The third-order valence-corrected chi connectivity index (χ3v) is 5.86. The summed E-state index contributed by atoms with van der Waals surface area (Å²) >= 11 is 0. The van der Waals surface area contributed by atoms with E-state index < -0.39 is 0 Å². The first kappa shape index (κ1) is 28.2. The van der Waals surface area contributed by atoms with Gasteiger partial charge < -0.3 is 9.47 Å². The lowest BCUT2D eigenvalue weighted by molar-refractivity contribution is 0.0423. The van der Waals surface area contributed by atoms with Gasteiger partial charge in [-0.3, -0.25) is 0 Å². The average molecular weight is 447 g/mol. The molecule has 0 aromatic heterocycles. The molecule has 0 bridgehead atoms. The van der Waals surface area contributed by atoms with E-state index in [1.165, 1.54) is 44.9 Å². The fourth-order valence-corrected chi connectivity index (χ4v) is 3.89. The van der Waals surface area contributed by atoms with Gasteiger partial charge in [-0.05, 0) is 49.3 Å². The van der Waals surface area contributed by atoms with Crippen molar-refractivity contribution in [2.24, 2.45) is 11.8 Å². The minimum absolute atomic E-state index is 0.363. The molecule has 0 saturated carbocycles. The van der Waals surface area contributed by atoms with E-state index in [2.05, 4.69) is 27.7 Å². The molecule has 0 saturated heterocycles. The Labute approximate surface area is 196 Å². The van der Waals surface area contributed by atoms with Crippen LogP contribution in [0.25, 0.3) is 0 Å². The van der Waals surface area contributed by atoms with E-state index >= 15 is 0 Å². The third-order valence-electron chi connectivity index (χ3n) is 5.86. The van der Waals surface area contributed by atoms with E-state index in [4.69, 9.17) is 9.47 Å². The van der Waals surface area contributed by atoms with Crippen LogP contribution in [-0.2, 0) is 9.47 Å². The Hall–Kier alpha value is -1.84. The van der Waals surface area contributed by atoms with Gasteiger partial charge in [-0.1, -0.05) is 91.5 Å². The van der Waals surface area contributed by atoms with E-state index in [0.29, 0.717) is 30.3 Å². The lowest BCUT2D eigenvalue weighted by Crippen LogP contribution is -2.15. The highest BCUT2D eigenvalue weighted by atomic mass is 16.5. The molecule has 0 fully saturated rings. The normalized spacial score (nSPS) is 12.0. The number of carbonyl (C=O) groups is 2. The average Bonchev–Trinajstić information content (AvgIpc) is 2.78. The van der Waals surface area contributed by atoms with Crippen molar-refractivity contribution in [2.45, 2.75) is 105 Å². The molecule has 4 heteroatoms. The van der Waals surface area contributed by atoms with Crippen LogP contribution in [-0.4, -0.2) is 25.2 Å². The first-order chi connectivity index (χ1) is 15.5. The van der Waals surface area contributed by atoms with Gasteiger partial charge >= 0.3 is 11.9 Å². The molecule has 32 heavy (non-hydrogen) atoms. The van der Waals surface area contributed by atoms with Gasteiger partial charge in [0.1, 0.15) is 0 Å². The van der Waals surface area contributed by atoms with Crippen LogP contribution in [0.5, 0.6) is 0 Å². The van der Waals surface area contributed by atoms with Crippen molar-refractivity contribution in [2.75, 3.05) is 13.2 Å². The lowest BCUT2D eigenvalue weighted by Gasteiger charge is -2.16. The molecule has 0 spiro atoms. The van der Waals surface area contributed by atoms with Crippen LogP contribution >= 0.6 is 0 Å². The van der Waals surface area contributed by atoms with Crippen LogP contribution in [0.1, 0.15) is 125 Å². The van der Waals surface area contributed by atoms with Gasteiger partial charge in [-0.2, -0.15) is 0 Å². The van der Waals surface area contributed by atoms with Crippen LogP contribution in [0.4, 0.5) is 0 Å². The molecule has 1 rings (SSSR count). The van der Waals surface area contributed by atoms with Crippen LogP contribution < -0.4 is 0 Å². The zero-order valence-electron chi connectivity index (χ0n) is 21.0. The summed E-state index contributed by atoms with van der Waals surface area (Å²) in [4.78, 5) is 24.9. The van der Waals surface area contributed by atoms with Gasteiger partial charge in [0.2, 0.25) is 0 Å². The number of benzene rings is 1. The largest absolute Gasteiger partial charge is 0.462 e. The molecule has 1 unspecified atom stereocenters. The van der Waals surface area contributed by atoms with Crippen molar-refractivity contribution in [3.63, 3.8) is 0 Å². The van der Waals surface area contributed by atoms with E-state index in [1.807, 2.05) is 0 Å². The quantitative estimate of drug-likeness (QED) is 0.169. The zero-order chi connectivity index (χ0) is 23.6. The maximum absolute atomic E-state index is 12.5. The van der Waals surface area contributed by atoms with E-state index in [0.717, 1.165) is 38.0 Å². The molecule has 0 N–H and O–H groups in total. The molecular weight excluding hydrogens is 400 g/mol. The number of hydrogen-bond acceptors (Lipinski definition) is 4. The zero-order valence-corrected chi connectivity index (χ0v) is 21.0. The SMILES string of the molecule is CCCCCC(CCC)COC(=O)c1cccc(C(=O)OCCCCCCCC(C)C)c1. The molecule has 0 radical (unpaired) electrons. The van der Waals surface area contributed by atoms with Crippen molar-refractivity contribution in [3.05, 3.63) is 35.4 Å². The van der Waals surface area contributed by atoms with E-state index in [9.17, 15) is 9.59 Å². The van der Waals surface area contributed by atoms with Gasteiger partial charge in [-0.15, -0.1) is 0 Å². The summed E-state index contributed by atoms with van der Waals surface area (Å²) < 4.78 is 11.0. The Bertz CT molecular complexity index is 638. The predicted octanol–water partition coefficient (Wildman–Crippen LogP) is 7.99. The predicted molar refractivity (Wildman–Crippen MR) is 132 cm³/mol. The summed E-state index contributed by atoms with van der Waals surface area (Å²) in [6.07, 6.45) is 13.8. The number of carbonyl (C=O) groups excluding carboxylic acids is 2.